The molecule has 11 heavy (non-hydrogen) atoms. The van der Waals surface area contributed by atoms with E-state index in [1.807, 2.05) is 6.07 Å². The lowest BCUT2D eigenvalue weighted by atomic mass is 9.92. The van der Waals surface area contributed by atoms with Crippen molar-refractivity contribution in [2.45, 2.75) is 25.0 Å². The van der Waals surface area contributed by atoms with Crippen LogP contribution in [0.2, 0.25) is 0 Å². The fraction of sp³-hybridized carbons (Fsp3) is 0.400. The largest absolute Gasteiger partial charge is 0.364 e. The van der Waals surface area contributed by atoms with Gasteiger partial charge in [0.2, 0.25) is 0 Å². The number of rotatable bonds is 0. The summed E-state index contributed by atoms with van der Waals surface area (Å²) in [5.74, 6) is 0. The molecular formula is C10H10O. The monoisotopic (exact) mass is 147 g/mol. The van der Waals surface area contributed by atoms with Gasteiger partial charge in [-0.3, -0.25) is 0 Å². The van der Waals surface area contributed by atoms with Crippen LogP contribution in [-0.4, -0.2) is 6.08 Å². The molecule has 1 aliphatic carbocycles. The number of ether oxygens (including phenoxy) is 1. The highest BCUT2D eigenvalue weighted by molar-refractivity contribution is 5.35. The molecule has 0 saturated carbocycles. The van der Waals surface area contributed by atoms with Gasteiger partial charge in [-0.05, 0) is 24.0 Å². The fourth-order valence-electron chi connectivity index (χ4n) is 1.82. The molecule has 0 unspecified atom stereocenters. The molecular weight excluding hydrogens is 136 g/mol. The van der Waals surface area contributed by atoms with Crippen LogP contribution in [0.5, 0.6) is 0 Å². The summed E-state index contributed by atoms with van der Waals surface area (Å²) < 4.78 is 13.2. The summed E-state index contributed by atoms with van der Waals surface area (Å²) in [7, 11) is 0. The van der Waals surface area contributed by atoms with E-state index < -0.39 is 6.08 Å². The highest BCUT2D eigenvalue weighted by Crippen LogP contribution is 2.46. The normalized spacial score (nSPS) is 40.4. The van der Waals surface area contributed by atoms with Crippen LogP contribution < -0.4 is 0 Å². The van der Waals surface area contributed by atoms with E-state index in [4.69, 9.17) is 6.11 Å². The van der Waals surface area contributed by atoms with Gasteiger partial charge in [-0.1, -0.05) is 24.3 Å². The Balaban J connectivity index is 2.12. The molecule has 2 aliphatic rings. The quantitative estimate of drug-likeness (QED) is 0.512. The van der Waals surface area contributed by atoms with Crippen LogP contribution in [-0.2, 0) is 11.2 Å². The van der Waals surface area contributed by atoms with E-state index >= 15 is 0 Å². The minimum Gasteiger partial charge on any atom is -0.364 e. The van der Waals surface area contributed by atoms with Crippen molar-refractivity contribution in [2.75, 3.05) is 0 Å². The molecule has 0 N–H and O–H groups in total. The molecule has 1 heterocycles. The summed E-state index contributed by atoms with van der Waals surface area (Å²) in [6.45, 7) is 0. The van der Waals surface area contributed by atoms with Crippen molar-refractivity contribution in [3.8, 4) is 0 Å². The molecule has 2 atom stereocenters. The minimum atomic E-state index is -0.561. The lowest BCUT2D eigenvalue weighted by Gasteiger charge is -2.09. The Kier molecular flexibility index (Phi) is 0.834. The molecule has 0 bridgehead atoms. The van der Waals surface area contributed by atoms with Gasteiger partial charge >= 0.3 is 0 Å². The van der Waals surface area contributed by atoms with Gasteiger partial charge in [0.05, 0.1) is 7.45 Å². The molecule has 56 valence electrons. The third-order valence-electron chi connectivity index (χ3n) is 2.48. The van der Waals surface area contributed by atoms with Crippen molar-refractivity contribution >= 4 is 0 Å². The summed E-state index contributed by atoms with van der Waals surface area (Å²) in [5.41, 5.74) is 2.60. The Morgan fingerprint density at radius 2 is 2.36 bits per heavy atom. The van der Waals surface area contributed by atoms with E-state index in [0.717, 1.165) is 12.8 Å². The smallest absolute Gasteiger partial charge is 0.109 e. The molecule has 1 heteroatoms. The Labute approximate surface area is 67.4 Å². The summed E-state index contributed by atoms with van der Waals surface area (Å²) in [4.78, 5) is 0. The maximum Gasteiger partial charge on any atom is 0.109 e. The molecule has 0 aromatic heterocycles. The molecule has 1 aliphatic heterocycles. The van der Waals surface area contributed by atoms with Gasteiger partial charge in [-0.25, -0.2) is 0 Å². The fourth-order valence-corrected chi connectivity index (χ4v) is 1.82. The molecule has 0 amide bonds. The second-order valence-electron chi connectivity index (χ2n) is 3.16. The average Bonchev–Trinajstić information content (AvgIpc) is 2.78. The predicted molar refractivity (Wildman–Crippen MR) is 42.4 cm³/mol. The summed E-state index contributed by atoms with van der Waals surface area (Å²) in [5, 5.41) is 0. The number of hydrogen-bond donors (Lipinski definition) is 0. The van der Waals surface area contributed by atoms with Gasteiger partial charge in [-0.15, -0.1) is 0 Å². The van der Waals surface area contributed by atoms with E-state index in [0.29, 0.717) is 0 Å². The molecule has 1 saturated heterocycles. The predicted octanol–water partition coefficient (Wildman–Crippen LogP) is 2.07. The lowest BCUT2D eigenvalue weighted by molar-refractivity contribution is 0.373. The van der Waals surface area contributed by atoms with Crippen molar-refractivity contribution in [2.24, 2.45) is 0 Å². The molecule has 0 spiro atoms. The average molecular weight is 147 g/mol. The highest BCUT2D eigenvalue weighted by Gasteiger charge is 2.43. The van der Waals surface area contributed by atoms with Gasteiger partial charge in [0.1, 0.15) is 6.10 Å². The molecule has 3 rings (SSSR count). The molecule has 1 aromatic carbocycles. The lowest BCUT2D eigenvalue weighted by Crippen LogP contribution is -2.03. The van der Waals surface area contributed by atoms with Crippen molar-refractivity contribution in [3.05, 3.63) is 35.4 Å². The first-order chi connectivity index (χ1) is 5.80. The topological polar surface area (TPSA) is 12.5 Å². The standard InChI is InChI=1S/C10H10O/c1-2-4-8-7(3-1)5-6-9-10(8)11-9/h1-4,9-10H,5-6H2/t9-,10+/m0/s1/i9D. The van der Waals surface area contributed by atoms with Crippen LogP contribution in [0.3, 0.4) is 0 Å². The Bertz CT molecular complexity index is 336. The molecule has 1 aromatic rings. The third-order valence-corrected chi connectivity index (χ3v) is 2.48. The zero-order chi connectivity index (χ0) is 8.18. The Morgan fingerprint density at radius 3 is 3.36 bits per heavy atom. The van der Waals surface area contributed by atoms with Crippen molar-refractivity contribution in [3.63, 3.8) is 0 Å². The SMILES string of the molecule is [2H][C@]12CCc3ccccc3[C@H]1O2. The first-order valence-corrected chi connectivity index (χ1v) is 4.05. The first-order valence-electron chi connectivity index (χ1n) is 4.55. The Hall–Kier alpha value is -0.820. The van der Waals surface area contributed by atoms with Crippen molar-refractivity contribution in [1.82, 2.24) is 0 Å². The summed E-state index contributed by atoms with van der Waals surface area (Å²) >= 11 is 0. The van der Waals surface area contributed by atoms with Crippen LogP contribution in [0.15, 0.2) is 24.3 Å². The van der Waals surface area contributed by atoms with E-state index in [1.54, 1.807) is 0 Å². The second kappa shape index (κ2) is 1.86. The van der Waals surface area contributed by atoms with Crippen LogP contribution in [0.25, 0.3) is 0 Å². The number of aryl methyl sites for hydroxylation is 1. The van der Waals surface area contributed by atoms with Crippen molar-refractivity contribution < 1.29 is 6.11 Å². The molecule has 1 nitrogen and oxygen atoms in total. The van der Waals surface area contributed by atoms with Crippen LogP contribution >= 0.6 is 0 Å². The van der Waals surface area contributed by atoms with Gasteiger partial charge < -0.3 is 4.74 Å². The minimum absolute atomic E-state index is 0.0717. The maximum atomic E-state index is 7.81. The summed E-state index contributed by atoms with van der Waals surface area (Å²) in [6, 6.07) is 8.29. The number of benzene rings is 1. The number of epoxide rings is 1. The molecule has 1 fully saturated rings. The van der Waals surface area contributed by atoms with Crippen molar-refractivity contribution in [1.29, 1.82) is 0 Å². The van der Waals surface area contributed by atoms with Gasteiger partial charge in [0.25, 0.3) is 0 Å². The van der Waals surface area contributed by atoms with E-state index in [9.17, 15) is 0 Å². The van der Waals surface area contributed by atoms with E-state index in [-0.39, 0.29) is 6.10 Å². The highest BCUT2D eigenvalue weighted by atomic mass is 16.6. The van der Waals surface area contributed by atoms with Crippen LogP contribution in [0.1, 0.15) is 25.0 Å². The maximum absolute atomic E-state index is 7.81. The first kappa shape index (κ1) is 4.94. The number of fused-ring (bicyclic) bond motifs is 3. The van der Waals surface area contributed by atoms with E-state index in [2.05, 4.69) is 18.2 Å². The van der Waals surface area contributed by atoms with Crippen LogP contribution in [0, 0.1) is 0 Å². The van der Waals surface area contributed by atoms with Crippen LogP contribution in [0.4, 0.5) is 0 Å². The Morgan fingerprint density at radius 1 is 1.45 bits per heavy atom. The van der Waals surface area contributed by atoms with E-state index in [1.165, 1.54) is 11.1 Å². The zero-order valence-electron chi connectivity index (χ0n) is 7.21. The second-order valence-corrected chi connectivity index (χ2v) is 3.16. The van der Waals surface area contributed by atoms with Gasteiger partial charge in [0, 0.05) is 0 Å². The van der Waals surface area contributed by atoms with Gasteiger partial charge in [0.15, 0.2) is 0 Å². The number of hydrogen-bond acceptors (Lipinski definition) is 1. The molecule has 0 radical (unpaired) electrons. The zero-order valence-corrected chi connectivity index (χ0v) is 6.21. The van der Waals surface area contributed by atoms with Gasteiger partial charge in [-0.2, -0.15) is 0 Å². The summed E-state index contributed by atoms with van der Waals surface area (Å²) in [6.07, 6.45) is 1.36. The third kappa shape index (κ3) is 0.746.